The average molecular weight is 607 g/mol. The molecular formula is C44H27B2NO. The monoisotopic (exact) mass is 607 g/mol. The van der Waals surface area contributed by atoms with Gasteiger partial charge in [-0.2, -0.15) is 0 Å². The Morgan fingerprint density at radius 2 is 1.00 bits per heavy atom. The first-order chi connectivity index (χ1) is 23.8. The van der Waals surface area contributed by atoms with Crippen LogP contribution >= 0.6 is 0 Å². The molecular weight excluding hydrogens is 580 g/mol. The molecule has 1 aromatic heterocycles. The third-order valence-corrected chi connectivity index (χ3v) is 10.7. The molecule has 0 N–H and O–H groups in total. The minimum Gasteiger partial charge on any atom is -0.458 e. The summed E-state index contributed by atoms with van der Waals surface area (Å²) < 4.78 is 9.38. The van der Waals surface area contributed by atoms with Gasteiger partial charge in [0, 0.05) is 22.0 Å². The quantitative estimate of drug-likeness (QED) is 0.204. The van der Waals surface area contributed by atoms with Crippen molar-refractivity contribution in [3.63, 3.8) is 0 Å². The summed E-state index contributed by atoms with van der Waals surface area (Å²) >= 11 is 0. The van der Waals surface area contributed by atoms with Gasteiger partial charge in [-0.15, -0.1) is 0 Å². The minimum atomic E-state index is 0.0356. The minimum absolute atomic E-state index is 0.0356. The van der Waals surface area contributed by atoms with Crippen molar-refractivity contribution in [1.82, 2.24) is 4.57 Å². The molecule has 9 aromatic rings. The van der Waals surface area contributed by atoms with E-state index in [1.54, 1.807) is 0 Å². The summed E-state index contributed by atoms with van der Waals surface area (Å²) in [6.45, 7) is 0.0868. The second-order valence-electron chi connectivity index (χ2n) is 13.3. The van der Waals surface area contributed by atoms with Gasteiger partial charge in [0.05, 0.1) is 5.52 Å². The molecule has 0 atom stereocenters. The highest BCUT2D eigenvalue weighted by Crippen LogP contribution is 2.35. The highest BCUT2D eigenvalue weighted by atomic mass is 16.5. The summed E-state index contributed by atoms with van der Waals surface area (Å²) in [4.78, 5) is 0. The van der Waals surface area contributed by atoms with Crippen molar-refractivity contribution >= 4 is 89.6 Å². The zero-order valence-corrected chi connectivity index (χ0v) is 26.1. The van der Waals surface area contributed by atoms with E-state index in [9.17, 15) is 0 Å². The summed E-state index contributed by atoms with van der Waals surface area (Å²) in [6, 6.07) is 60.3. The fraction of sp³-hybridized carbons (Fsp3) is 0. The van der Waals surface area contributed by atoms with E-state index >= 15 is 0 Å². The van der Waals surface area contributed by atoms with Crippen LogP contribution in [-0.4, -0.2) is 18.0 Å². The lowest BCUT2D eigenvalue weighted by Gasteiger charge is -2.32. The molecule has 11 rings (SSSR count). The molecule has 4 heteroatoms. The van der Waals surface area contributed by atoms with Crippen LogP contribution in [0.1, 0.15) is 0 Å². The Morgan fingerprint density at radius 1 is 0.396 bits per heavy atom. The van der Waals surface area contributed by atoms with E-state index in [1.807, 2.05) is 0 Å². The smallest absolute Gasteiger partial charge is 0.251 e. The van der Waals surface area contributed by atoms with Gasteiger partial charge in [0.15, 0.2) is 0 Å². The van der Waals surface area contributed by atoms with E-state index in [2.05, 4.69) is 168 Å². The van der Waals surface area contributed by atoms with Gasteiger partial charge in [-0.1, -0.05) is 150 Å². The summed E-state index contributed by atoms with van der Waals surface area (Å²) in [5.74, 6) is 1.86. The van der Waals surface area contributed by atoms with Crippen LogP contribution in [0.5, 0.6) is 11.5 Å². The van der Waals surface area contributed by atoms with Crippen molar-refractivity contribution < 1.29 is 4.74 Å². The molecule has 2 nitrogen and oxygen atoms in total. The van der Waals surface area contributed by atoms with Crippen LogP contribution in [0.15, 0.2) is 164 Å². The number of aromatic nitrogens is 1. The normalized spacial score (nSPS) is 13.1. The first-order valence-corrected chi connectivity index (χ1v) is 16.7. The first kappa shape index (κ1) is 26.1. The Bertz CT molecular complexity index is 2800. The molecule has 0 saturated heterocycles. The fourth-order valence-electron chi connectivity index (χ4n) is 8.63. The van der Waals surface area contributed by atoms with Gasteiger partial charge in [0.1, 0.15) is 11.5 Å². The van der Waals surface area contributed by atoms with Crippen LogP contribution in [0.2, 0.25) is 0 Å². The molecule has 8 aromatic carbocycles. The second kappa shape index (κ2) is 9.76. The highest BCUT2D eigenvalue weighted by Gasteiger charge is 2.38. The summed E-state index contributed by atoms with van der Waals surface area (Å²) in [6.07, 6.45) is 0. The molecule has 2 aliphatic rings. The number of hydrogen-bond acceptors (Lipinski definition) is 1. The van der Waals surface area contributed by atoms with Crippen LogP contribution in [-0.2, 0) is 0 Å². The van der Waals surface area contributed by atoms with Gasteiger partial charge in [-0.25, -0.2) is 0 Å². The molecule has 220 valence electrons. The number of ether oxygens (including phenoxy) is 1. The van der Waals surface area contributed by atoms with Gasteiger partial charge >= 0.3 is 0 Å². The highest BCUT2D eigenvalue weighted by molar-refractivity contribution is 6.99. The summed E-state index contributed by atoms with van der Waals surface area (Å²) in [5, 5.41) is 7.60. The molecule has 0 bridgehead atoms. The predicted molar refractivity (Wildman–Crippen MR) is 205 cm³/mol. The number of nitrogens with zero attached hydrogens (tertiary/aromatic N) is 1. The molecule has 0 unspecified atom stereocenters. The van der Waals surface area contributed by atoms with Gasteiger partial charge in [0.2, 0.25) is 6.71 Å². The lowest BCUT2D eigenvalue weighted by Crippen LogP contribution is -2.59. The van der Waals surface area contributed by atoms with Crippen molar-refractivity contribution in [2.75, 3.05) is 0 Å². The molecule has 0 aliphatic carbocycles. The third-order valence-electron chi connectivity index (χ3n) is 10.7. The van der Waals surface area contributed by atoms with E-state index in [-0.39, 0.29) is 13.4 Å². The van der Waals surface area contributed by atoms with Gasteiger partial charge in [0.25, 0.3) is 6.71 Å². The van der Waals surface area contributed by atoms with Crippen molar-refractivity contribution in [3.8, 4) is 17.2 Å². The third kappa shape index (κ3) is 3.60. The van der Waals surface area contributed by atoms with Gasteiger partial charge < -0.3 is 9.30 Å². The van der Waals surface area contributed by atoms with Crippen LogP contribution in [0, 0.1) is 0 Å². The zero-order valence-electron chi connectivity index (χ0n) is 26.1. The summed E-state index contributed by atoms with van der Waals surface area (Å²) in [5.41, 5.74) is 11.3. The Kier molecular flexibility index (Phi) is 5.31. The molecule has 48 heavy (non-hydrogen) atoms. The maximum Gasteiger partial charge on any atom is 0.251 e. The Hall–Kier alpha value is -5.99. The van der Waals surface area contributed by atoms with E-state index in [4.69, 9.17) is 4.74 Å². The molecule has 0 radical (unpaired) electrons. The van der Waals surface area contributed by atoms with Crippen LogP contribution in [0.3, 0.4) is 0 Å². The average Bonchev–Trinajstić information content (AvgIpc) is 3.48. The van der Waals surface area contributed by atoms with Crippen LogP contribution < -0.4 is 37.5 Å². The Labute approximate surface area is 279 Å². The Balaban J connectivity index is 1.24. The number of hydrogen-bond donors (Lipinski definition) is 0. The largest absolute Gasteiger partial charge is 0.458 e. The SMILES string of the molecule is c1ccc2c(c1)Oc1cc3c(cc1B2c1ccc2ccccc2c1)-n1c2ccccc2c2cccc(c21)B3c1ccc2ccccc2c1. The second-order valence-corrected chi connectivity index (χ2v) is 13.3. The van der Waals surface area contributed by atoms with Crippen molar-refractivity contribution in [1.29, 1.82) is 0 Å². The van der Waals surface area contributed by atoms with Crippen LogP contribution in [0.25, 0.3) is 49.0 Å². The predicted octanol–water partition coefficient (Wildman–Crippen LogP) is 6.54. The zero-order chi connectivity index (χ0) is 31.3. The van der Waals surface area contributed by atoms with Crippen LogP contribution in [0.4, 0.5) is 0 Å². The van der Waals surface area contributed by atoms with E-state index in [0.717, 1.165) is 11.5 Å². The first-order valence-electron chi connectivity index (χ1n) is 16.7. The van der Waals surface area contributed by atoms with E-state index in [0.29, 0.717) is 0 Å². The summed E-state index contributed by atoms with van der Waals surface area (Å²) in [7, 11) is 0. The topological polar surface area (TPSA) is 14.2 Å². The maximum absolute atomic E-state index is 6.86. The van der Waals surface area contributed by atoms with E-state index in [1.165, 1.54) is 81.8 Å². The number of rotatable bonds is 2. The van der Waals surface area contributed by atoms with E-state index < -0.39 is 0 Å². The lowest BCUT2D eigenvalue weighted by molar-refractivity contribution is 0.488. The molecule has 3 heterocycles. The van der Waals surface area contributed by atoms with Crippen molar-refractivity contribution in [2.24, 2.45) is 0 Å². The lowest BCUT2D eigenvalue weighted by atomic mass is 9.33. The molecule has 0 spiro atoms. The molecule has 0 saturated carbocycles. The van der Waals surface area contributed by atoms with Gasteiger partial charge in [-0.05, 0) is 67.7 Å². The molecule has 0 amide bonds. The van der Waals surface area contributed by atoms with Crippen molar-refractivity contribution in [3.05, 3.63) is 164 Å². The van der Waals surface area contributed by atoms with Gasteiger partial charge in [-0.3, -0.25) is 0 Å². The number of fused-ring (bicyclic) bond motifs is 9. The molecule has 2 aliphatic heterocycles. The maximum atomic E-state index is 6.86. The van der Waals surface area contributed by atoms with Crippen molar-refractivity contribution in [2.45, 2.75) is 0 Å². The fourth-order valence-corrected chi connectivity index (χ4v) is 8.63. The standard InChI is InChI=1S/C44H27B2NO/c1-3-12-30-24-32(22-20-28(30)10-1)45-36-16-6-8-19-42(36)48-43-27-38-41(26-39(43)45)47-40-18-7-5-14-34(40)35-15-9-17-37(44(35)47)46(38)33-23-21-29-11-2-4-13-31(29)25-33/h1-27H. The molecule has 0 fully saturated rings. The number of para-hydroxylation sites is 3. The Morgan fingerprint density at radius 3 is 1.77 bits per heavy atom. The number of benzene rings is 8.